The summed E-state index contributed by atoms with van der Waals surface area (Å²) in [6, 6.07) is 1.91. The molecular weight excluding hydrogens is 158 g/mol. The van der Waals surface area contributed by atoms with Gasteiger partial charge in [0.1, 0.15) is 5.01 Å². The van der Waals surface area contributed by atoms with E-state index in [1.165, 1.54) is 0 Å². The molecule has 11 heavy (non-hydrogen) atoms. The molecule has 2 heterocycles. The number of rotatable bonds is 1. The van der Waals surface area contributed by atoms with Gasteiger partial charge in [0.25, 0.3) is 0 Å². The maximum Gasteiger partial charge on any atom is 0.141 e. The first-order chi connectivity index (χ1) is 5.36. The van der Waals surface area contributed by atoms with Crippen LogP contribution in [0.1, 0.15) is 5.69 Å². The summed E-state index contributed by atoms with van der Waals surface area (Å²) < 4.78 is 0. The molecule has 0 bridgehead atoms. The second-order valence-corrected chi connectivity index (χ2v) is 3.12. The summed E-state index contributed by atoms with van der Waals surface area (Å²) in [5.74, 6) is 0. The molecule has 56 valence electrons. The molecule has 0 atom stereocenters. The predicted octanol–water partition coefficient (Wildman–Crippen LogP) is 1.84. The van der Waals surface area contributed by atoms with Crippen molar-refractivity contribution in [2.45, 2.75) is 6.92 Å². The third-order valence-corrected chi connectivity index (χ3v) is 2.34. The third kappa shape index (κ3) is 1.17. The monoisotopic (exact) mass is 165 g/mol. The van der Waals surface area contributed by atoms with Crippen molar-refractivity contribution in [1.29, 1.82) is 0 Å². The highest BCUT2D eigenvalue weighted by molar-refractivity contribution is 7.13. The van der Waals surface area contributed by atoms with Crippen molar-refractivity contribution in [3.05, 3.63) is 23.3 Å². The molecule has 0 amide bonds. The fourth-order valence-corrected chi connectivity index (χ4v) is 1.62. The van der Waals surface area contributed by atoms with E-state index >= 15 is 0 Å². The molecule has 1 N–H and O–H groups in total. The molecule has 2 aromatic heterocycles. The second kappa shape index (κ2) is 2.47. The average Bonchev–Trinajstić information content (AvgIpc) is 2.55. The van der Waals surface area contributed by atoms with Crippen molar-refractivity contribution in [2.75, 3.05) is 0 Å². The summed E-state index contributed by atoms with van der Waals surface area (Å²) in [4.78, 5) is 4.30. The van der Waals surface area contributed by atoms with Gasteiger partial charge in [-0.1, -0.05) is 0 Å². The van der Waals surface area contributed by atoms with Gasteiger partial charge in [0, 0.05) is 17.3 Å². The molecular formula is C7H7N3S. The van der Waals surface area contributed by atoms with Gasteiger partial charge in [-0.3, -0.25) is 5.10 Å². The van der Waals surface area contributed by atoms with Gasteiger partial charge >= 0.3 is 0 Å². The number of nitrogens with zero attached hydrogens (tertiary/aromatic N) is 2. The van der Waals surface area contributed by atoms with Gasteiger partial charge in [0.2, 0.25) is 0 Å². The smallest absolute Gasteiger partial charge is 0.141 e. The van der Waals surface area contributed by atoms with Crippen molar-refractivity contribution in [2.24, 2.45) is 0 Å². The highest BCUT2D eigenvalue weighted by Crippen LogP contribution is 2.20. The van der Waals surface area contributed by atoms with Crippen LogP contribution in [-0.2, 0) is 0 Å². The summed E-state index contributed by atoms with van der Waals surface area (Å²) >= 11 is 1.62. The van der Waals surface area contributed by atoms with Crippen LogP contribution in [0, 0.1) is 6.92 Å². The number of hydrogen-bond donors (Lipinski definition) is 1. The molecule has 0 saturated heterocycles. The summed E-state index contributed by atoms with van der Waals surface area (Å²) in [5.41, 5.74) is 2.04. The number of aryl methyl sites for hydroxylation is 1. The number of nitrogens with one attached hydrogen (secondary N) is 1. The van der Waals surface area contributed by atoms with Crippen molar-refractivity contribution in [1.82, 2.24) is 15.2 Å². The number of thiazole rings is 1. The Bertz CT molecular complexity index is 336. The fraction of sp³-hybridized carbons (Fsp3) is 0.143. The predicted molar refractivity (Wildman–Crippen MR) is 44.4 cm³/mol. The lowest BCUT2D eigenvalue weighted by molar-refractivity contribution is 1.09. The molecule has 0 unspecified atom stereocenters. The lowest BCUT2D eigenvalue weighted by atomic mass is 10.4. The summed E-state index contributed by atoms with van der Waals surface area (Å²) in [6.07, 6.45) is 1.73. The van der Waals surface area contributed by atoms with E-state index in [4.69, 9.17) is 0 Å². The van der Waals surface area contributed by atoms with Gasteiger partial charge in [-0.15, -0.1) is 11.3 Å². The summed E-state index contributed by atoms with van der Waals surface area (Å²) in [5, 5.41) is 9.74. The van der Waals surface area contributed by atoms with Gasteiger partial charge in [-0.2, -0.15) is 5.10 Å². The Morgan fingerprint density at radius 1 is 1.55 bits per heavy atom. The van der Waals surface area contributed by atoms with Crippen LogP contribution in [0.5, 0.6) is 0 Å². The highest BCUT2D eigenvalue weighted by Gasteiger charge is 2.01. The molecule has 0 aromatic carbocycles. The Morgan fingerprint density at radius 3 is 3.00 bits per heavy atom. The quantitative estimate of drug-likeness (QED) is 0.700. The van der Waals surface area contributed by atoms with E-state index in [0.29, 0.717) is 0 Å². The Hall–Kier alpha value is -1.16. The minimum atomic E-state index is 0.989. The first kappa shape index (κ1) is 6.54. The van der Waals surface area contributed by atoms with Gasteiger partial charge in [-0.25, -0.2) is 4.98 Å². The van der Waals surface area contributed by atoms with Crippen LogP contribution in [0.25, 0.3) is 10.7 Å². The topological polar surface area (TPSA) is 41.6 Å². The van der Waals surface area contributed by atoms with Crippen molar-refractivity contribution in [3.8, 4) is 10.7 Å². The zero-order chi connectivity index (χ0) is 7.68. The lowest BCUT2D eigenvalue weighted by Crippen LogP contribution is -1.76. The lowest BCUT2D eigenvalue weighted by Gasteiger charge is -1.85. The van der Waals surface area contributed by atoms with Gasteiger partial charge in [-0.05, 0) is 13.0 Å². The number of aromatic amines is 1. The van der Waals surface area contributed by atoms with Crippen molar-refractivity contribution < 1.29 is 0 Å². The van der Waals surface area contributed by atoms with Gasteiger partial charge < -0.3 is 0 Å². The minimum absolute atomic E-state index is 0.989. The molecule has 0 aliphatic heterocycles. The normalized spacial score (nSPS) is 10.3. The molecule has 0 saturated carbocycles. The Kier molecular flexibility index (Phi) is 1.47. The Balaban J connectivity index is 2.45. The molecule has 0 spiro atoms. The highest BCUT2D eigenvalue weighted by atomic mass is 32.1. The zero-order valence-corrected chi connectivity index (χ0v) is 6.85. The van der Waals surface area contributed by atoms with Crippen molar-refractivity contribution >= 4 is 11.3 Å². The first-order valence-electron chi connectivity index (χ1n) is 3.28. The summed E-state index contributed by atoms with van der Waals surface area (Å²) in [7, 11) is 0. The van der Waals surface area contributed by atoms with E-state index in [-0.39, 0.29) is 0 Å². The third-order valence-electron chi connectivity index (χ3n) is 1.35. The molecule has 2 aromatic rings. The Labute approximate surface area is 68.1 Å². The van der Waals surface area contributed by atoms with Crippen LogP contribution in [0.3, 0.4) is 0 Å². The van der Waals surface area contributed by atoms with Crippen LogP contribution >= 0.6 is 11.3 Å². The Morgan fingerprint density at radius 2 is 2.45 bits per heavy atom. The van der Waals surface area contributed by atoms with E-state index in [2.05, 4.69) is 15.2 Å². The maximum atomic E-state index is 4.30. The van der Waals surface area contributed by atoms with E-state index in [1.807, 2.05) is 18.4 Å². The molecule has 2 rings (SSSR count). The van der Waals surface area contributed by atoms with E-state index < -0.39 is 0 Å². The van der Waals surface area contributed by atoms with Crippen LogP contribution < -0.4 is 0 Å². The number of hydrogen-bond acceptors (Lipinski definition) is 3. The van der Waals surface area contributed by atoms with Crippen molar-refractivity contribution in [3.63, 3.8) is 0 Å². The SMILES string of the molecule is Cc1csc(-c2ccn[nH]2)n1. The fourth-order valence-electron chi connectivity index (χ4n) is 0.853. The van der Waals surface area contributed by atoms with Gasteiger partial charge in [0.05, 0.1) is 5.69 Å². The average molecular weight is 165 g/mol. The molecule has 3 nitrogen and oxygen atoms in total. The van der Waals surface area contributed by atoms with Gasteiger partial charge in [0.15, 0.2) is 0 Å². The molecule has 0 radical (unpaired) electrons. The second-order valence-electron chi connectivity index (χ2n) is 2.26. The first-order valence-corrected chi connectivity index (χ1v) is 4.16. The molecule has 0 aliphatic rings. The number of H-pyrrole nitrogens is 1. The van der Waals surface area contributed by atoms with Crippen LogP contribution in [-0.4, -0.2) is 15.2 Å². The van der Waals surface area contributed by atoms with E-state index in [1.54, 1.807) is 17.5 Å². The number of aromatic nitrogens is 3. The maximum absolute atomic E-state index is 4.30. The molecule has 0 aliphatic carbocycles. The summed E-state index contributed by atoms with van der Waals surface area (Å²) in [6.45, 7) is 1.98. The molecule has 0 fully saturated rings. The molecule has 4 heteroatoms. The minimum Gasteiger partial charge on any atom is -0.275 e. The zero-order valence-electron chi connectivity index (χ0n) is 6.03. The largest absolute Gasteiger partial charge is 0.275 e. The van der Waals surface area contributed by atoms with Crippen LogP contribution in [0.4, 0.5) is 0 Å². The van der Waals surface area contributed by atoms with Crippen LogP contribution in [0.2, 0.25) is 0 Å². The van der Waals surface area contributed by atoms with E-state index in [9.17, 15) is 0 Å². The van der Waals surface area contributed by atoms with Crippen LogP contribution in [0.15, 0.2) is 17.6 Å². The standard InChI is InChI=1S/C7H7N3S/c1-5-4-11-7(9-5)6-2-3-8-10-6/h2-4H,1H3,(H,8,10). The van der Waals surface area contributed by atoms with E-state index in [0.717, 1.165) is 16.4 Å².